The van der Waals surface area contributed by atoms with Crippen LogP contribution in [0.1, 0.15) is 48.2 Å². The first-order valence-electron chi connectivity index (χ1n) is 10.4. The lowest BCUT2D eigenvalue weighted by molar-refractivity contribution is -0.139. The number of amides is 1. The molecule has 2 aromatic heterocycles. The molecule has 0 radical (unpaired) electrons. The second kappa shape index (κ2) is 9.87. The van der Waals surface area contributed by atoms with Crippen LogP contribution >= 0.6 is 39.1 Å². The Hall–Kier alpha value is -2.36. The number of rotatable bonds is 7. The number of carboxylic acids is 1. The third-order valence-electron chi connectivity index (χ3n) is 5.79. The number of pyridine rings is 2. The van der Waals surface area contributed by atoms with E-state index in [1.807, 2.05) is 0 Å². The van der Waals surface area contributed by atoms with Crippen LogP contribution in [-0.4, -0.2) is 38.6 Å². The first-order chi connectivity index (χ1) is 15.8. The summed E-state index contributed by atoms with van der Waals surface area (Å²) in [6, 6.07) is 2.43. The van der Waals surface area contributed by atoms with Crippen molar-refractivity contribution in [2.45, 2.75) is 50.2 Å². The van der Waals surface area contributed by atoms with E-state index in [9.17, 15) is 14.7 Å². The van der Waals surface area contributed by atoms with Gasteiger partial charge in [-0.15, -0.1) is 0 Å². The Kier molecular flexibility index (Phi) is 7.11. The molecule has 4 rings (SSSR count). The van der Waals surface area contributed by atoms with Gasteiger partial charge in [-0.3, -0.25) is 14.8 Å². The summed E-state index contributed by atoms with van der Waals surface area (Å²) in [5.74, 6) is -1.48. The zero-order chi connectivity index (χ0) is 23.6. The van der Waals surface area contributed by atoms with Crippen molar-refractivity contribution in [3.63, 3.8) is 0 Å². The Labute approximate surface area is 208 Å². The number of halogens is 3. The molecular weight excluding hydrogens is 535 g/mol. The zero-order valence-electron chi connectivity index (χ0n) is 17.4. The summed E-state index contributed by atoms with van der Waals surface area (Å²) in [5, 5.41) is 15.9. The van der Waals surface area contributed by atoms with Crippen molar-refractivity contribution in [1.29, 1.82) is 0 Å². The quantitative estimate of drug-likeness (QED) is 0.444. The van der Waals surface area contributed by atoms with Gasteiger partial charge in [0.15, 0.2) is 10.3 Å². The highest BCUT2D eigenvalue weighted by molar-refractivity contribution is 9.11. The molecule has 1 spiro atoms. The minimum atomic E-state index is -0.984. The summed E-state index contributed by atoms with van der Waals surface area (Å²) >= 11 is 15.4. The van der Waals surface area contributed by atoms with Crippen LogP contribution in [0, 0.1) is 0 Å². The number of nitrogens with one attached hydrogen (secondary N) is 2. The van der Waals surface area contributed by atoms with E-state index in [1.54, 1.807) is 12.1 Å². The summed E-state index contributed by atoms with van der Waals surface area (Å²) in [4.78, 5) is 32.6. The fraction of sp³-hybridized carbons (Fsp3) is 0.364. The van der Waals surface area contributed by atoms with Gasteiger partial charge in [0.2, 0.25) is 0 Å². The molecule has 33 heavy (non-hydrogen) atoms. The standard InChI is InChI=1S/C22H21BrCl2N4O4/c23-19-18(22(33-19)6-2-1-3-7-22)29-16(21(31)32)8-12-4-5-13(9-27-12)28-20(30)17-14(24)10-26-11-15(17)25/h4-5,9-11,16,29H,1-3,6-8H2,(H,28,30)(H,31,32)/t16-/m0/s1. The Morgan fingerprint density at radius 2 is 1.85 bits per heavy atom. The molecule has 2 aliphatic rings. The highest BCUT2D eigenvalue weighted by Gasteiger charge is 2.49. The Balaban J connectivity index is 1.42. The first-order valence-corrected chi connectivity index (χ1v) is 12.0. The summed E-state index contributed by atoms with van der Waals surface area (Å²) in [7, 11) is 0. The van der Waals surface area contributed by atoms with E-state index >= 15 is 0 Å². The Morgan fingerprint density at radius 1 is 1.15 bits per heavy atom. The maximum absolute atomic E-state index is 12.5. The molecule has 0 bridgehead atoms. The largest absolute Gasteiger partial charge is 0.480 e. The van der Waals surface area contributed by atoms with Crippen LogP contribution in [0.4, 0.5) is 5.69 Å². The molecule has 1 aliphatic carbocycles. The molecule has 1 fully saturated rings. The molecule has 3 N–H and O–H groups in total. The van der Waals surface area contributed by atoms with Gasteiger partial charge in [-0.1, -0.05) is 29.6 Å². The van der Waals surface area contributed by atoms with Crippen molar-refractivity contribution in [2.75, 3.05) is 5.32 Å². The molecule has 3 heterocycles. The van der Waals surface area contributed by atoms with Gasteiger partial charge in [0, 0.05) is 24.5 Å². The molecule has 8 nitrogen and oxygen atoms in total. The van der Waals surface area contributed by atoms with Crippen LogP contribution in [-0.2, 0) is 16.0 Å². The SMILES string of the molecule is O=C(Nc1ccc(C[C@H](NC2=C(Br)OC23CCCCC3)C(=O)O)nc1)c1c(Cl)cncc1Cl. The molecule has 1 atom stereocenters. The number of hydrogen-bond donors (Lipinski definition) is 3. The van der Waals surface area contributed by atoms with Crippen molar-refractivity contribution in [3.8, 4) is 0 Å². The van der Waals surface area contributed by atoms with E-state index in [4.69, 9.17) is 27.9 Å². The summed E-state index contributed by atoms with van der Waals surface area (Å²) < 4.78 is 6.44. The second-order valence-electron chi connectivity index (χ2n) is 8.02. The number of aliphatic carboxylic acids is 1. The fourth-order valence-corrected chi connectivity index (χ4v) is 5.42. The predicted molar refractivity (Wildman–Crippen MR) is 128 cm³/mol. The number of anilines is 1. The van der Waals surface area contributed by atoms with Crippen molar-refractivity contribution in [3.05, 3.63) is 62.4 Å². The van der Waals surface area contributed by atoms with E-state index in [1.165, 1.54) is 18.6 Å². The molecule has 0 unspecified atom stereocenters. The second-order valence-corrected chi connectivity index (χ2v) is 9.55. The average molecular weight is 556 g/mol. The summed E-state index contributed by atoms with van der Waals surface area (Å²) in [6.45, 7) is 0. The van der Waals surface area contributed by atoms with E-state index in [-0.39, 0.29) is 22.0 Å². The number of ether oxygens (including phenoxy) is 1. The van der Waals surface area contributed by atoms with E-state index in [2.05, 4.69) is 36.5 Å². The van der Waals surface area contributed by atoms with Crippen LogP contribution < -0.4 is 10.6 Å². The summed E-state index contributed by atoms with van der Waals surface area (Å²) in [6.07, 6.45) is 9.28. The zero-order valence-corrected chi connectivity index (χ0v) is 20.5. The number of carbonyl (C=O) groups is 2. The molecule has 11 heteroatoms. The van der Waals surface area contributed by atoms with Crippen molar-refractivity contribution >= 4 is 56.7 Å². The van der Waals surface area contributed by atoms with Crippen LogP contribution in [0.2, 0.25) is 10.0 Å². The van der Waals surface area contributed by atoms with Crippen LogP contribution in [0.25, 0.3) is 0 Å². The smallest absolute Gasteiger partial charge is 0.326 e. The molecular formula is C22H21BrCl2N4O4. The van der Waals surface area contributed by atoms with Gasteiger partial charge in [-0.05, 0) is 53.7 Å². The van der Waals surface area contributed by atoms with Crippen LogP contribution in [0.5, 0.6) is 0 Å². The lowest BCUT2D eigenvalue weighted by atomic mass is 9.80. The number of nitrogens with zero attached hydrogens (tertiary/aromatic N) is 2. The lowest BCUT2D eigenvalue weighted by Crippen LogP contribution is -2.53. The highest BCUT2D eigenvalue weighted by Crippen LogP contribution is 2.48. The maximum atomic E-state index is 12.5. The minimum absolute atomic E-state index is 0.116. The normalized spacial score (nSPS) is 17.7. The molecule has 1 aliphatic heterocycles. The number of hydrogen-bond acceptors (Lipinski definition) is 6. The molecule has 0 aromatic carbocycles. The monoisotopic (exact) mass is 554 g/mol. The molecule has 0 saturated heterocycles. The van der Waals surface area contributed by atoms with Gasteiger partial charge < -0.3 is 20.5 Å². The van der Waals surface area contributed by atoms with Gasteiger partial charge in [0.25, 0.3) is 5.91 Å². The Morgan fingerprint density at radius 3 is 2.42 bits per heavy atom. The average Bonchev–Trinajstić information content (AvgIpc) is 2.78. The van der Waals surface area contributed by atoms with E-state index in [0.29, 0.717) is 16.0 Å². The minimum Gasteiger partial charge on any atom is -0.480 e. The van der Waals surface area contributed by atoms with E-state index < -0.39 is 23.5 Å². The Bertz CT molecular complexity index is 1080. The van der Waals surface area contributed by atoms with Crippen LogP contribution in [0.15, 0.2) is 41.1 Å². The molecule has 174 valence electrons. The highest BCUT2D eigenvalue weighted by atomic mass is 79.9. The van der Waals surface area contributed by atoms with Crippen LogP contribution in [0.3, 0.4) is 0 Å². The van der Waals surface area contributed by atoms with Gasteiger partial charge in [0.1, 0.15) is 11.7 Å². The molecule has 2 aromatic rings. The van der Waals surface area contributed by atoms with Crippen molar-refractivity contribution < 1.29 is 19.4 Å². The number of aromatic nitrogens is 2. The van der Waals surface area contributed by atoms with Gasteiger partial charge >= 0.3 is 5.97 Å². The van der Waals surface area contributed by atoms with Crippen molar-refractivity contribution in [2.24, 2.45) is 0 Å². The summed E-state index contributed by atoms with van der Waals surface area (Å²) in [5.41, 5.74) is 1.49. The third kappa shape index (κ3) is 5.10. The topological polar surface area (TPSA) is 113 Å². The predicted octanol–water partition coefficient (Wildman–Crippen LogP) is 4.92. The van der Waals surface area contributed by atoms with Gasteiger partial charge in [-0.2, -0.15) is 0 Å². The molecule has 1 amide bonds. The first kappa shape index (κ1) is 23.8. The van der Waals surface area contributed by atoms with Crippen molar-refractivity contribution in [1.82, 2.24) is 15.3 Å². The number of carbonyl (C=O) groups excluding carboxylic acids is 1. The number of carboxylic acid groups (broad SMARTS) is 1. The van der Waals surface area contributed by atoms with Gasteiger partial charge in [0.05, 0.1) is 27.5 Å². The van der Waals surface area contributed by atoms with Gasteiger partial charge in [-0.25, -0.2) is 4.79 Å². The lowest BCUT2D eigenvalue weighted by Gasteiger charge is -2.47. The molecule has 1 saturated carbocycles. The maximum Gasteiger partial charge on any atom is 0.326 e. The third-order valence-corrected chi connectivity index (χ3v) is 6.92. The fourth-order valence-electron chi connectivity index (χ4n) is 4.09. The van der Waals surface area contributed by atoms with E-state index in [0.717, 1.165) is 37.8 Å².